The minimum atomic E-state index is -0.235. The van der Waals surface area contributed by atoms with E-state index in [4.69, 9.17) is 23.2 Å². The van der Waals surface area contributed by atoms with Gasteiger partial charge in [0.15, 0.2) is 0 Å². The lowest BCUT2D eigenvalue weighted by Crippen LogP contribution is -2.23. The van der Waals surface area contributed by atoms with Crippen LogP contribution in [0.1, 0.15) is 22.2 Å². The summed E-state index contributed by atoms with van der Waals surface area (Å²) in [6.07, 6.45) is 1.47. The van der Waals surface area contributed by atoms with E-state index in [0.29, 0.717) is 27.3 Å². The molecule has 0 saturated carbocycles. The van der Waals surface area contributed by atoms with Gasteiger partial charge in [0, 0.05) is 17.6 Å². The summed E-state index contributed by atoms with van der Waals surface area (Å²) >= 11 is 13.3. The van der Waals surface area contributed by atoms with Gasteiger partial charge in [-0.1, -0.05) is 23.2 Å². The van der Waals surface area contributed by atoms with E-state index in [1.165, 1.54) is 17.5 Å². The minimum absolute atomic E-state index is 0.235. The summed E-state index contributed by atoms with van der Waals surface area (Å²) in [5, 5.41) is 6.18. The molecule has 0 saturated heterocycles. The zero-order chi connectivity index (χ0) is 14.5. The Hall–Kier alpha value is -1.30. The van der Waals surface area contributed by atoms with E-state index >= 15 is 0 Å². The van der Waals surface area contributed by atoms with Crippen LogP contribution in [0.15, 0.2) is 24.4 Å². The maximum absolute atomic E-state index is 12.1. The first-order valence-electron chi connectivity index (χ1n) is 6.02. The molecule has 20 heavy (non-hydrogen) atoms. The SMILES string of the molecule is CCNc1cc(C(=O)NCc2ccc(Cl)s2)c(Cl)cn1. The van der Waals surface area contributed by atoms with Crippen LogP contribution < -0.4 is 10.6 Å². The molecule has 1 amide bonds. The summed E-state index contributed by atoms with van der Waals surface area (Å²) in [5.74, 6) is 0.391. The third-order valence-corrected chi connectivity index (χ3v) is 4.04. The van der Waals surface area contributed by atoms with Gasteiger partial charge in [-0.25, -0.2) is 4.98 Å². The quantitative estimate of drug-likeness (QED) is 0.876. The van der Waals surface area contributed by atoms with Crippen molar-refractivity contribution in [2.24, 2.45) is 0 Å². The van der Waals surface area contributed by atoms with Crippen LogP contribution in [0.3, 0.4) is 0 Å². The molecule has 0 bridgehead atoms. The van der Waals surface area contributed by atoms with Crippen molar-refractivity contribution in [3.05, 3.63) is 44.2 Å². The van der Waals surface area contributed by atoms with Crippen LogP contribution in [0.4, 0.5) is 5.82 Å². The zero-order valence-corrected chi connectivity index (χ0v) is 13.1. The topological polar surface area (TPSA) is 54.0 Å². The van der Waals surface area contributed by atoms with Crippen LogP contribution in [-0.2, 0) is 6.54 Å². The second-order valence-corrected chi connectivity index (χ2v) is 6.18. The summed E-state index contributed by atoms with van der Waals surface area (Å²) < 4.78 is 0.700. The number of thiophene rings is 1. The number of carbonyl (C=O) groups excluding carboxylic acids is 1. The Morgan fingerprint density at radius 3 is 2.85 bits per heavy atom. The first kappa shape index (κ1) is 15.1. The Kier molecular flexibility index (Phi) is 5.23. The van der Waals surface area contributed by atoms with Crippen LogP contribution in [0.2, 0.25) is 9.36 Å². The predicted molar refractivity (Wildman–Crippen MR) is 83.9 cm³/mol. The largest absolute Gasteiger partial charge is 0.370 e. The van der Waals surface area contributed by atoms with Gasteiger partial charge in [0.25, 0.3) is 5.91 Å². The van der Waals surface area contributed by atoms with Gasteiger partial charge in [-0.15, -0.1) is 11.3 Å². The fraction of sp³-hybridized carbons (Fsp3) is 0.231. The normalized spacial score (nSPS) is 10.3. The Balaban J connectivity index is 2.06. The van der Waals surface area contributed by atoms with Crippen molar-refractivity contribution < 1.29 is 4.79 Å². The van der Waals surface area contributed by atoms with Crippen molar-refractivity contribution in [3.63, 3.8) is 0 Å². The van der Waals surface area contributed by atoms with E-state index in [1.54, 1.807) is 12.1 Å². The summed E-state index contributed by atoms with van der Waals surface area (Å²) in [5.41, 5.74) is 0.403. The Morgan fingerprint density at radius 2 is 2.20 bits per heavy atom. The number of halogens is 2. The average Bonchev–Trinajstić information content (AvgIpc) is 2.84. The van der Waals surface area contributed by atoms with Gasteiger partial charge in [-0.3, -0.25) is 4.79 Å². The monoisotopic (exact) mass is 329 g/mol. The number of amides is 1. The highest BCUT2D eigenvalue weighted by atomic mass is 35.5. The molecule has 0 unspecified atom stereocenters. The van der Waals surface area contributed by atoms with Gasteiger partial charge in [-0.05, 0) is 25.1 Å². The van der Waals surface area contributed by atoms with E-state index in [9.17, 15) is 4.79 Å². The lowest BCUT2D eigenvalue weighted by atomic mass is 10.2. The first-order valence-corrected chi connectivity index (χ1v) is 7.59. The highest BCUT2D eigenvalue weighted by Gasteiger charge is 2.12. The highest BCUT2D eigenvalue weighted by molar-refractivity contribution is 7.16. The molecule has 2 rings (SSSR count). The molecule has 0 radical (unpaired) electrons. The van der Waals surface area contributed by atoms with Crippen LogP contribution >= 0.6 is 34.5 Å². The molecule has 0 aliphatic carbocycles. The van der Waals surface area contributed by atoms with Crippen molar-refractivity contribution in [1.82, 2.24) is 10.3 Å². The zero-order valence-electron chi connectivity index (χ0n) is 10.7. The molecule has 7 heteroatoms. The first-order chi connectivity index (χ1) is 9.60. The summed E-state index contributed by atoms with van der Waals surface area (Å²) in [6.45, 7) is 3.10. The molecule has 2 N–H and O–H groups in total. The fourth-order valence-electron chi connectivity index (χ4n) is 1.60. The molecule has 0 aliphatic rings. The molecule has 106 valence electrons. The number of aromatic nitrogens is 1. The number of anilines is 1. The molecule has 2 heterocycles. The molecule has 0 aromatic carbocycles. The third kappa shape index (κ3) is 3.85. The summed E-state index contributed by atoms with van der Waals surface area (Å²) in [7, 11) is 0. The van der Waals surface area contributed by atoms with Gasteiger partial charge in [0.05, 0.1) is 21.5 Å². The van der Waals surface area contributed by atoms with Crippen molar-refractivity contribution in [1.29, 1.82) is 0 Å². The van der Waals surface area contributed by atoms with Gasteiger partial charge in [0.2, 0.25) is 0 Å². The van der Waals surface area contributed by atoms with E-state index < -0.39 is 0 Å². The van der Waals surface area contributed by atoms with Gasteiger partial charge >= 0.3 is 0 Å². The Morgan fingerprint density at radius 1 is 1.40 bits per heavy atom. The van der Waals surface area contributed by atoms with Gasteiger partial charge in [-0.2, -0.15) is 0 Å². The van der Waals surface area contributed by atoms with Crippen molar-refractivity contribution in [2.45, 2.75) is 13.5 Å². The Bertz CT molecular complexity index is 615. The van der Waals surface area contributed by atoms with Crippen LogP contribution in [0.25, 0.3) is 0 Å². The van der Waals surface area contributed by atoms with E-state index in [2.05, 4.69) is 15.6 Å². The van der Waals surface area contributed by atoms with Gasteiger partial charge < -0.3 is 10.6 Å². The smallest absolute Gasteiger partial charge is 0.253 e. The van der Waals surface area contributed by atoms with Crippen molar-refractivity contribution in [3.8, 4) is 0 Å². The standard InChI is InChI=1S/C13H13Cl2N3OS/c1-2-16-12-5-9(10(14)7-17-12)13(19)18-6-8-3-4-11(15)20-8/h3-5,7H,2,6H2,1H3,(H,16,17)(H,18,19). The Labute approximate surface area is 131 Å². The van der Waals surface area contributed by atoms with E-state index in [1.807, 2.05) is 13.0 Å². The molecule has 0 atom stereocenters. The number of nitrogens with zero attached hydrogens (tertiary/aromatic N) is 1. The van der Waals surface area contributed by atoms with Crippen LogP contribution in [0, 0.1) is 0 Å². The van der Waals surface area contributed by atoms with Crippen LogP contribution in [0.5, 0.6) is 0 Å². The number of rotatable bonds is 5. The maximum atomic E-state index is 12.1. The van der Waals surface area contributed by atoms with E-state index in [0.717, 1.165) is 11.4 Å². The highest BCUT2D eigenvalue weighted by Crippen LogP contribution is 2.22. The molecule has 0 spiro atoms. The summed E-state index contributed by atoms with van der Waals surface area (Å²) in [6, 6.07) is 5.32. The number of hydrogen-bond donors (Lipinski definition) is 2. The number of nitrogens with one attached hydrogen (secondary N) is 2. The molecule has 2 aromatic heterocycles. The molecule has 4 nitrogen and oxygen atoms in total. The second-order valence-electron chi connectivity index (χ2n) is 3.97. The molecular weight excluding hydrogens is 317 g/mol. The molecule has 0 aliphatic heterocycles. The number of carbonyl (C=O) groups is 1. The molecule has 2 aromatic rings. The molecule has 0 fully saturated rings. The molecular formula is C13H13Cl2N3OS. The van der Waals surface area contributed by atoms with Gasteiger partial charge in [0.1, 0.15) is 5.82 Å². The van der Waals surface area contributed by atoms with Crippen molar-refractivity contribution >= 4 is 46.3 Å². The predicted octanol–water partition coefficient (Wildman–Crippen LogP) is 3.81. The number of hydrogen-bond acceptors (Lipinski definition) is 4. The average molecular weight is 330 g/mol. The third-order valence-electron chi connectivity index (χ3n) is 2.51. The van der Waals surface area contributed by atoms with Crippen LogP contribution in [-0.4, -0.2) is 17.4 Å². The minimum Gasteiger partial charge on any atom is -0.370 e. The van der Waals surface area contributed by atoms with E-state index in [-0.39, 0.29) is 5.91 Å². The number of pyridine rings is 1. The lowest BCUT2D eigenvalue weighted by molar-refractivity contribution is 0.0951. The summed E-state index contributed by atoms with van der Waals surface area (Å²) in [4.78, 5) is 17.2. The lowest BCUT2D eigenvalue weighted by Gasteiger charge is -2.08. The fourth-order valence-corrected chi connectivity index (χ4v) is 2.82. The second kappa shape index (κ2) is 6.92. The van der Waals surface area contributed by atoms with Crippen molar-refractivity contribution in [2.75, 3.05) is 11.9 Å². The maximum Gasteiger partial charge on any atom is 0.253 e.